The molecule has 7 heteroatoms. The maximum atomic E-state index is 12.4. The second-order valence-electron chi connectivity index (χ2n) is 9.38. The molecule has 1 heterocycles. The first-order valence-electron chi connectivity index (χ1n) is 12.8. The molecule has 1 unspecified atom stereocenters. The van der Waals surface area contributed by atoms with E-state index in [-0.39, 0.29) is 12.2 Å². The first-order valence-corrected chi connectivity index (χ1v) is 12.8. The Balaban J connectivity index is 1.34. The van der Waals surface area contributed by atoms with Crippen molar-refractivity contribution in [2.24, 2.45) is 0 Å². The van der Waals surface area contributed by atoms with Gasteiger partial charge in [0.05, 0.1) is 12.3 Å². The molecule has 4 rings (SSSR count). The molecule has 0 bridgehead atoms. The Kier molecular flexibility index (Phi) is 8.94. The molecule has 7 nitrogen and oxygen atoms in total. The zero-order valence-electron chi connectivity index (χ0n) is 22.3. The van der Waals surface area contributed by atoms with Gasteiger partial charge < -0.3 is 19.6 Å². The Bertz CT molecular complexity index is 1460. The number of hydrogen-bond acceptors (Lipinski definition) is 6. The number of rotatable bonds is 12. The van der Waals surface area contributed by atoms with Gasteiger partial charge in [-0.3, -0.25) is 4.79 Å². The Morgan fingerprint density at radius 3 is 2.38 bits per heavy atom. The summed E-state index contributed by atoms with van der Waals surface area (Å²) in [6.07, 6.45) is 2.27. The van der Waals surface area contributed by atoms with Gasteiger partial charge in [-0.05, 0) is 50.1 Å². The van der Waals surface area contributed by atoms with E-state index in [0.717, 1.165) is 33.9 Å². The number of aliphatic carboxylic acids is 1. The van der Waals surface area contributed by atoms with E-state index in [1.165, 1.54) is 6.08 Å². The number of ether oxygens (including phenoxy) is 1. The third kappa shape index (κ3) is 7.45. The largest absolute Gasteiger partial charge is 0.493 e. The maximum absolute atomic E-state index is 12.4. The van der Waals surface area contributed by atoms with Crippen molar-refractivity contribution >= 4 is 11.8 Å². The van der Waals surface area contributed by atoms with Crippen molar-refractivity contribution in [1.29, 1.82) is 0 Å². The van der Waals surface area contributed by atoms with Crippen molar-refractivity contribution in [2.75, 3.05) is 6.61 Å². The monoisotopic (exact) mass is 524 g/mol. The average Bonchev–Trinajstić information content (AvgIpc) is 3.30. The van der Waals surface area contributed by atoms with Gasteiger partial charge in [-0.15, -0.1) is 0 Å². The number of nitrogens with zero attached hydrogens (tertiary/aromatic N) is 1. The van der Waals surface area contributed by atoms with Crippen molar-refractivity contribution in [3.05, 3.63) is 119 Å². The molecule has 4 aromatic rings. The van der Waals surface area contributed by atoms with Gasteiger partial charge in [0.25, 0.3) is 0 Å². The minimum atomic E-state index is -0.995. The highest BCUT2D eigenvalue weighted by Gasteiger charge is 2.19. The quantitative estimate of drug-likeness (QED) is 0.174. The van der Waals surface area contributed by atoms with Gasteiger partial charge in [-0.2, -0.15) is 0 Å². The highest BCUT2D eigenvalue weighted by molar-refractivity contribution is 6.04. The summed E-state index contributed by atoms with van der Waals surface area (Å²) in [5.74, 6) is 0.920. The van der Waals surface area contributed by atoms with Gasteiger partial charge in [0.15, 0.2) is 5.78 Å². The number of ketones is 1. The van der Waals surface area contributed by atoms with Crippen LogP contribution in [0.15, 0.2) is 95.1 Å². The molecule has 1 atom stereocenters. The summed E-state index contributed by atoms with van der Waals surface area (Å²) in [5.41, 5.74) is 4.58. The number of benzene rings is 3. The van der Waals surface area contributed by atoms with Crippen LogP contribution in [0.4, 0.5) is 0 Å². The zero-order chi connectivity index (χ0) is 27.8. The summed E-state index contributed by atoms with van der Waals surface area (Å²) in [7, 11) is 0. The molecule has 0 amide bonds. The Labute approximate surface area is 228 Å². The number of aromatic nitrogens is 1. The number of allylic oxidation sites excluding steroid dienone is 2. The number of nitrogens with one attached hydrogen (secondary N) is 1. The van der Waals surface area contributed by atoms with E-state index in [9.17, 15) is 14.7 Å². The molecule has 0 aliphatic rings. The van der Waals surface area contributed by atoms with Crippen LogP contribution in [-0.2, 0) is 17.6 Å². The molecule has 39 heavy (non-hydrogen) atoms. The van der Waals surface area contributed by atoms with E-state index in [2.05, 4.69) is 10.3 Å². The van der Waals surface area contributed by atoms with Crippen LogP contribution in [0.2, 0.25) is 0 Å². The molecule has 3 aromatic carbocycles. The molecular weight excluding hydrogens is 492 g/mol. The number of carboxylic acid groups (broad SMARTS) is 1. The smallest absolute Gasteiger partial charge is 0.326 e. The number of carboxylic acids is 1. The van der Waals surface area contributed by atoms with Crippen molar-refractivity contribution in [2.45, 2.75) is 39.7 Å². The van der Waals surface area contributed by atoms with Gasteiger partial charge in [0.1, 0.15) is 17.6 Å². The highest BCUT2D eigenvalue weighted by Crippen LogP contribution is 2.23. The lowest BCUT2D eigenvalue weighted by Gasteiger charge is -2.17. The average molecular weight is 525 g/mol. The maximum Gasteiger partial charge on any atom is 0.326 e. The van der Waals surface area contributed by atoms with Crippen LogP contribution in [-0.4, -0.2) is 34.5 Å². The minimum Gasteiger partial charge on any atom is -0.493 e. The van der Waals surface area contributed by atoms with Gasteiger partial charge in [-0.25, -0.2) is 9.78 Å². The lowest BCUT2D eigenvalue weighted by molar-refractivity contribution is -0.139. The second kappa shape index (κ2) is 12.7. The summed E-state index contributed by atoms with van der Waals surface area (Å²) in [4.78, 5) is 29.0. The Morgan fingerprint density at radius 2 is 1.72 bits per heavy atom. The normalized spacial score (nSPS) is 12.1. The molecule has 0 radical (unpaired) electrons. The lowest BCUT2D eigenvalue weighted by Crippen LogP contribution is -2.37. The fraction of sp³-hybridized carbons (Fsp3) is 0.219. The SMILES string of the molecule is C/C(=C/C(=O)c1ccccc1)NC(Cc1ccc(OCCc2nc(-c3ccccc3)oc2C)c(C)c1)C(=O)O. The third-order valence-electron chi connectivity index (χ3n) is 6.29. The molecule has 0 fully saturated rings. The Hall–Kier alpha value is -4.65. The van der Waals surface area contributed by atoms with Gasteiger partial charge in [0.2, 0.25) is 5.89 Å². The van der Waals surface area contributed by atoms with Crippen LogP contribution in [0.1, 0.15) is 39.9 Å². The van der Waals surface area contributed by atoms with Gasteiger partial charge >= 0.3 is 5.97 Å². The van der Waals surface area contributed by atoms with Crippen LogP contribution in [0.5, 0.6) is 5.75 Å². The summed E-state index contributed by atoms with van der Waals surface area (Å²) in [6, 6.07) is 23.4. The third-order valence-corrected chi connectivity index (χ3v) is 6.29. The van der Waals surface area contributed by atoms with Crippen LogP contribution in [0.3, 0.4) is 0 Å². The summed E-state index contributed by atoms with van der Waals surface area (Å²) >= 11 is 0. The minimum absolute atomic E-state index is 0.181. The van der Waals surface area contributed by atoms with E-state index < -0.39 is 12.0 Å². The van der Waals surface area contributed by atoms with Crippen molar-refractivity contribution in [3.8, 4) is 17.2 Å². The Morgan fingerprint density at radius 1 is 1.03 bits per heavy atom. The predicted octanol–water partition coefficient (Wildman–Crippen LogP) is 5.95. The second-order valence-corrected chi connectivity index (χ2v) is 9.38. The standard InChI is InChI=1S/C32H32N2O5/c1-21-18-24(20-28(32(36)37)33-22(2)19-29(35)25-10-6-4-7-11-25)14-15-30(21)38-17-16-27-23(3)39-31(34-27)26-12-8-5-9-13-26/h4-15,18-19,28,33H,16-17,20H2,1-3H3,(H,36,37)/b22-19-. The number of aryl methyl sites for hydroxylation is 2. The van der Waals surface area contributed by atoms with E-state index in [4.69, 9.17) is 9.15 Å². The molecular formula is C32H32N2O5. The molecule has 200 valence electrons. The van der Waals surface area contributed by atoms with Gasteiger partial charge in [0, 0.05) is 35.7 Å². The van der Waals surface area contributed by atoms with Crippen LogP contribution in [0, 0.1) is 13.8 Å². The van der Waals surface area contributed by atoms with E-state index >= 15 is 0 Å². The molecule has 2 N–H and O–H groups in total. The molecule has 0 saturated heterocycles. The summed E-state index contributed by atoms with van der Waals surface area (Å²) in [5, 5.41) is 12.7. The number of carbonyl (C=O) groups excluding carboxylic acids is 1. The zero-order valence-corrected chi connectivity index (χ0v) is 22.3. The molecule has 1 aromatic heterocycles. The lowest BCUT2D eigenvalue weighted by atomic mass is 10.0. The van der Waals surface area contributed by atoms with Crippen LogP contribution in [0.25, 0.3) is 11.5 Å². The topological polar surface area (TPSA) is 102 Å². The van der Waals surface area contributed by atoms with Crippen LogP contribution < -0.4 is 10.1 Å². The van der Waals surface area contributed by atoms with E-state index in [0.29, 0.717) is 30.2 Å². The van der Waals surface area contributed by atoms with Crippen molar-refractivity contribution < 1.29 is 23.8 Å². The van der Waals surface area contributed by atoms with E-state index in [1.54, 1.807) is 31.2 Å². The first-order chi connectivity index (χ1) is 18.8. The summed E-state index contributed by atoms with van der Waals surface area (Å²) < 4.78 is 11.8. The fourth-order valence-corrected chi connectivity index (χ4v) is 4.26. The molecule has 0 spiro atoms. The predicted molar refractivity (Wildman–Crippen MR) is 150 cm³/mol. The van der Waals surface area contributed by atoms with Crippen molar-refractivity contribution in [3.63, 3.8) is 0 Å². The van der Waals surface area contributed by atoms with Gasteiger partial charge in [-0.1, -0.05) is 60.7 Å². The summed E-state index contributed by atoms with van der Waals surface area (Å²) in [6.45, 7) is 5.95. The fourth-order valence-electron chi connectivity index (χ4n) is 4.26. The van der Waals surface area contributed by atoms with E-state index in [1.807, 2.05) is 68.4 Å². The molecule has 0 saturated carbocycles. The van der Waals surface area contributed by atoms with Crippen LogP contribution >= 0.6 is 0 Å². The number of oxazole rings is 1. The number of carbonyl (C=O) groups is 2. The first kappa shape index (κ1) is 27.4. The number of hydrogen-bond donors (Lipinski definition) is 2. The molecule has 0 aliphatic carbocycles. The van der Waals surface area contributed by atoms with Crippen molar-refractivity contribution in [1.82, 2.24) is 10.3 Å². The molecule has 0 aliphatic heterocycles. The highest BCUT2D eigenvalue weighted by atomic mass is 16.5.